The number of hydrogen-bond acceptors (Lipinski definition) is 4. The van der Waals surface area contributed by atoms with Crippen molar-refractivity contribution in [1.82, 2.24) is 0 Å². The van der Waals surface area contributed by atoms with Crippen LogP contribution in [0.3, 0.4) is 0 Å². The van der Waals surface area contributed by atoms with Crippen LogP contribution in [0.4, 0.5) is 0 Å². The van der Waals surface area contributed by atoms with Gasteiger partial charge in [-0.3, -0.25) is 10.8 Å². The first-order valence-corrected chi connectivity index (χ1v) is 3.82. The average Bonchev–Trinajstić information content (AvgIpc) is 2.11. The molecular weight excluding hydrogens is 180 g/mol. The molecule has 0 rings (SSSR count). The second kappa shape index (κ2) is 5.63. The van der Waals surface area contributed by atoms with Crippen molar-refractivity contribution in [2.24, 2.45) is 21.7 Å². The summed E-state index contributed by atoms with van der Waals surface area (Å²) >= 11 is 0. The second-order valence-corrected chi connectivity index (χ2v) is 2.63. The van der Waals surface area contributed by atoms with E-state index in [0.29, 0.717) is 11.1 Å². The van der Waals surface area contributed by atoms with Gasteiger partial charge in [0.05, 0.1) is 13.1 Å². The summed E-state index contributed by atoms with van der Waals surface area (Å²) in [5.41, 5.74) is 11.1. The number of nitrogens with two attached hydrogens (primary N) is 2. The first-order valence-electron chi connectivity index (χ1n) is 3.82. The Kier molecular flexibility index (Phi) is 4.83. The Labute approximate surface area is 82.4 Å². The number of rotatable bonds is 6. The fourth-order valence-corrected chi connectivity index (χ4v) is 0.441. The Bertz CT molecular complexity index is 271. The third-order valence-corrected chi connectivity index (χ3v) is 1.38. The van der Waals surface area contributed by atoms with Crippen LogP contribution in [0.25, 0.3) is 0 Å². The van der Waals surface area contributed by atoms with Crippen LogP contribution in [0.2, 0.25) is 0 Å². The minimum absolute atomic E-state index is 0.102. The molecule has 0 aromatic carbocycles. The zero-order valence-corrected chi connectivity index (χ0v) is 7.88. The van der Waals surface area contributed by atoms with Gasteiger partial charge in [-0.1, -0.05) is 13.2 Å². The predicted octanol–water partition coefficient (Wildman–Crippen LogP) is 0.423. The van der Waals surface area contributed by atoms with Crippen LogP contribution in [-0.4, -0.2) is 24.8 Å². The SMILES string of the molecule is C=C(CN=NCC(=C)C(=N)N)C(=N)N. The molecule has 0 aliphatic heterocycles. The van der Waals surface area contributed by atoms with Gasteiger partial charge in [0.2, 0.25) is 0 Å². The second-order valence-electron chi connectivity index (χ2n) is 2.63. The molecule has 76 valence electrons. The third kappa shape index (κ3) is 4.81. The smallest absolute Gasteiger partial charge is 0.119 e. The van der Waals surface area contributed by atoms with Crippen LogP contribution in [0.15, 0.2) is 34.5 Å². The molecule has 0 unspecified atom stereocenters. The van der Waals surface area contributed by atoms with Gasteiger partial charge in [-0.2, -0.15) is 10.2 Å². The van der Waals surface area contributed by atoms with Gasteiger partial charge in [-0.05, 0) is 0 Å². The monoisotopic (exact) mass is 194 g/mol. The van der Waals surface area contributed by atoms with E-state index in [-0.39, 0.29) is 24.8 Å². The van der Waals surface area contributed by atoms with Gasteiger partial charge in [0, 0.05) is 11.1 Å². The summed E-state index contributed by atoms with van der Waals surface area (Å²) in [4.78, 5) is 0. The number of hydrogen-bond donors (Lipinski definition) is 4. The molecule has 0 aliphatic carbocycles. The average molecular weight is 194 g/mol. The molecule has 0 radical (unpaired) electrons. The van der Waals surface area contributed by atoms with Crippen LogP contribution in [0, 0.1) is 10.8 Å². The van der Waals surface area contributed by atoms with Crippen LogP contribution in [0.1, 0.15) is 0 Å². The molecule has 0 atom stereocenters. The van der Waals surface area contributed by atoms with Crippen molar-refractivity contribution >= 4 is 11.7 Å². The van der Waals surface area contributed by atoms with Crippen molar-refractivity contribution < 1.29 is 0 Å². The van der Waals surface area contributed by atoms with E-state index in [1.54, 1.807) is 0 Å². The Morgan fingerprint density at radius 1 is 0.929 bits per heavy atom. The van der Waals surface area contributed by atoms with Gasteiger partial charge in [-0.15, -0.1) is 0 Å². The zero-order valence-electron chi connectivity index (χ0n) is 7.88. The van der Waals surface area contributed by atoms with Crippen molar-refractivity contribution in [2.75, 3.05) is 13.1 Å². The fourth-order valence-electron chi connectivity index (χ4n) is 0.441. The first kappa shape index (κ1) is 12.0. The molecule has 0 aliphatic rings. The van der Waals surface area contributed by atoms with E-state index in [0.717, 1.165) is 0 Å². The van der Waals surface area contributed by atoms with Gasteiger partial charge in [-0.25, -0.2) is 0 Å². The van der Waals surface area contributed by atoms with Crippen molar-refractivity contribution in [3.8, 4) is 0 Å². The van der Waals surface area contributed by atoms with Crippen molar-refractivity contribution in [3.05, 3.63) is 24.3 Å². The molecule has 0 saturated heterocycles. The van der Waals surface area contributed by atoms with E-state index in [2.05, 4.69) is 23.4 Å². The maximum Gasteiger partial charge on any atom is 0.119 e. The maximum atomic E-state index is 6.99. The lowest BCUT2D eigenvalue weighted by molar-refractivity contribution is 0.952. The summed E-state index contributed by atoms with van der Waals surface area (Å²) in [5.74, 6) is -0.205. The number of nitrogens with zero attached hydrogens (tertiary/aromatic N) is 2. The van der Waals surface area contributed by atoms with E-state index in [4.69, 9.17) is 22.3 Å². The van der Waals surface area contributed by atoms with Gasteiger partial charge in [0.25, 0.3) is 0 Å². The summed E-state index contributed by atoms with van der Waals surface area (Å²) < 4.78 is 0. The molecule has 0 saturated carbocycles. The number of azo groups is 1. The van der Waals surface area contributed by atoms with E-state index >= 15 is 0 Å². The molecule has 0 bridgehead atoms. The molecule has 0 aromatic heterocycles. The summed E-state index contributed by atoms with van der Waals surface area (Å²) in [6.07, 6.45) is 0. The molecule has 6 nitrogen and oxygen atoms in total. The standard InChI is InChI=1S/C8H14N6/c1-5(7(9)10)3-13-14-4-6(2)8(11)12/h1-4H2,(H3,9,10)(H3,11,12). The summed E-state index contributed by atoms with van der Waals surface area (Å²) in [6.45, 7) is 7.39. The topological polar surface area (TPSA) is 124 Å². The van der Waals surface area contributed by atoms with Gasteiger partial charge < -0.3 is 11.5 Å². The van der Waals surface area contributed by atoms with Crippen molar-refractivity contribution in [1.29, 1.82) is 10.8 Å². The van der Waals surface area contributed by atoms with Gasteiger partial charge in [0.15, 0.2) is 0 Å². The number of nitrogens with one attached hydrogen (secondary N) is 2. The van der Waals surface area contributed by atoms with Gasteiger partial charge in [0.1, 0.15) is 11.7 Å². The maximum absolute atomic E-state index is 6.99. The van der Waals surface area contributed by atoms with Crippen LogP contribution in [-0.2, 0) is 0 Å². The highest BCUT2D eigenvalue weighted by atomic mass is 15.1. The third-order valence-electron chi connectivity index (χ3n) is 1.38. The Morgan fingerprint density at radius 3 is 1.43 bits per heavy atom. The molecular formula is C8H14N6. The lowest BCUT2D eigenvalue weighted by atomic mass is 10.3. The van der Waals surface area contributed by atoms with E-state index in [9.17, 15) is 0 Å². The normalized spacial score (nSPS) is 10.0. The van der Waals surface area contributed by atoms with E-state index < -0.39 is 0 Å². The highest BCUT2D eigenvalue weighted by molar-refractivity contribution is 5.94. The Hall–Kier alpha value is -1.98. The first-order chi connectivity index (χ1) is 6.45. The molecule has 14 heavy (non-hydrogen) atoms. The van der Waals surface area contributed by atoms with E-state index in [1.807, 2.05) is 0 Å². The quantitative estimate of drug-likeness (QED) is 0.278. The lowest BCUT2D eigenvalue weighted by Gasteiger charge is -1.98. The molecule has 0 spiro atoms. The van der Waals surface area contributed by atoms with Crippen molar-refractivity contribution in [2.45, 2.75) is 0 Å². The predicted molar refractivity (Wildman–Crippen MR) is 56.7 cm³/mol. The van der Waals surface area contributed by atoms with Crippen LogP contribution < -0.4 is 11.5 Å². The molecule has 6 N–H and O–H groups in total. The minimum atomic E-state index is -0.102. The lowest BCUT2D eigenvalue weighted by Crippen LogP contribution is -2.14. The minimum Gasteiger partial charge on any atom is -0.384 e. The molecule has 0 aromatic rings. The van der Waals surface area contributed by atoms with Crippen LogP contribution >= 0.6 is 0 Å². The Morgan fingerprint density at radius 2 is 1.21 bits per heavy atom. The summed E-state index contributed by atoms with van der Waals surface area (Å²) in [7, 11) is 0. The largest absolute Gasteiger partial charge is 0.384 e. The molecule has 0 fully saturated rings. The zero-order chi connectivity index (χ0) is 11.1. The molecule has 0 amide bonds. The summed E-state index contributed by atoms with van der Waals surface area (Å²) in [5, 5.41) is 21.4. The van der Waals surface area contributed by atoms with Gasteiger partial charge >= 0.3 is 0 Å². The molecule has 6 heteroatoms. The van der Waals surface area contributed by atoms with E-state index in [1.165, 1.54) is 0 Å². The van der Waals surface area contributed by atoms with Crippen molar-refractivity contribution in [3.63, 3.8) is 0 Å². The molecule has 0 heterocycles. The van der Waals surface area contributed by atoms with Crippen LogP contribution in [0.5, 0.6) is 0 Å². The summed E-state index contributed by atoms with van der Waals surface area (Å²) in [6, 6.07) is 0. The number of amidine groups is 2. The Balaban J connectivity index is 3.86. The highest BCUT2D eigenvalue weighted by Crippen LogP contribution is 1.93. The fraction of sp³-hybridized carbons (Fsp3) is 0.250. The highest BCUT2D eigenvalue weighted by Gasteiger charge is 1.96.